The van der Waals surface area contributed by atoms with E-state index in [1.807, 2.05) is 20.8 Å². The van der Waals surface area contributed by atoms with E-state index in [-0.39, 0.29) is 11.5 Å². The van der Waals surface area contributed by atoms with Crippen LogP contribution in [0.5, 0.6) is 11.5 Å². The molecule has 0 fully saturated rings. The molecule has 0 saturated carbocycles. The fourth-order valence-corrected chi connectivity index (χ4v) is 8.76. The second-order valence-corrected chi connectivity index (χ2v) is 12.2. The Morgan fingerprint density at radius 2 is 1.50 bits per heavy atom. The number of thiophene rings is 4. The Bertz CT molecular complexity index is 1490. The molecule has 5 rings (SSSR count). The summed E-state index contributed by atoms with van der Waals surface area (Å²) in [6.07, 6.45) is 0. The first-order valence-electron chi connectivity index (χ1n) is 11.0. The van der Waals surface area contributed by atoms with Crippen molar-refractivity contribution in [2.75, 3.05) is 19.8 Å². The molecule has 4 aromatic heterocycles. The highest BCUT2D eigenvalue weighted by atomic mass is 32.1. The van der Waals surface area contributed by atoms with Crippen LogP contribution in [0.1, 0.15) is 40.2 Å². The molecule has 0 unspecified atom stereocenters. The molecule has 5 aromatic rings. The van der Waals surface area contributed by atoms with Gasteiger partial charge in [-0.1, -0.05) is 0 Å². The first-order valence-corrected chi connectivity index (χ1v) is 14.3. The van der Waals surface area contributed by atoms with Gasteiger partial charge in [0.2, 0.25) is 0 Å². The summed E-state index contributed by atoms with van der Waals surface area (Å²) in [5.74, 6) is 0.584. The molecule has 0 saturated heterocycles. The van der Waals surface area contributed by atoms with Crippen molar-refractivity contribution < 1.29 is 23.4 Å². The zero-order chi connectivity index (χ0) is 24.1. The molecule has 0 aliphatic carbocycles. The zero-order valence-electron chi connectivity index (χ0n) is 19.4. The van der Waals surface area contributed by atoms with Crippen LogP contribution in [0.2, 0.25) is 0 Å². The maximum atomic E-state index is 15.5. The fraction of sp³-hybridized carbons (Fsp3) is 0.320. The van der Waals surface area contributed by atoms with Gasteiger partial charge in [-0.3, -0.25) is 0 Å². The van der Waals surface area contributed by atoms with Crippen LogP contribution in [0.15, 0.2) is 12.1 Å². The van der Waals surface area contributed by atoms with Gasteiger partial charge in [-0.2, -0.15) is 0 Å². The number of fused-ring (bicyclic) bond motifs is 3. The van der Waals surface area contributed by atoms with Crippen molar-refractivity contribution in [3.05, 3.63) is 32.6 Å². The molecule has 1 aromatic carbocycles. The largest absolute Gasteiger partial charge is 0.492 e. The van der Waals surface area contributed by atoms with E-state index in [1.165, 1.54) is 16.2 Å². The first-order chi connectivity index (χ1) is 16.4. The first kappa shape index (κ1) is 23.5. The average Bonchev–Trinajstić information content (AvgIpc) is 3.55. The number of esters is 1. The third-order valence-electron chi connectivity index (χ3n) is 5.40. The number of benzene rings is 1. The summed E-state index contributed by atoms with van der Waals surface area (Å²) in [4.78, 5) is 16.3. The fourth-order valence-electron chi connectivity index (χ4n) is 4.13. The maximum Gasteiger partial charge on any atom is 0.351 e. The quantitative estimate of drug-likeness (QED) is 0.196. The molecule has 0 amide bonds. The van der Waals surface area contributed by atoms with Gasteiger partial charge >= 0.3 is 5.97 Å². The number of carbonyl (C=O) groups excluding carboxylic acids is 1. The highest BCUT2D eigenvalue weighted by Crippen LogP contribution is 2.53. The van der Waals surface area contributed by atoms with Crippen LogP contribution < -0.4 is 9.47 Å². The number of ether oxygens (including phenoxy) is 3. The summed E-state index contributed by atoms with van der Waals surface area (Å²) in [6.45, 7) is 11.0. The smallest absolute Gasteiger partial charge is 0.351 e. The molecule has 34 heavy (non-hydrogen) atoms. The highest BCUT2D eigenvalue weighted by molar-refractivity contribution is 7.30. The Morgan fingerprint density at radius 1 is 0.853 bits per heavy atom. The molecule has 0 atom stereocenters. The summed E-state index contributed by atoms with van der Waals surface area (Å²) in [6, 6.07) is 4.22. The van der Waals surface area contributed by atoms with E-state index in [4.69, 9.17) is 14.2 Å². The molecule has 0 spiro atoms. The van der Waals surface area contributed by atoms with Gasteiger partial charge in [0.1, 0.15) is 16.4 Å². The van der Waals surface area contributed by atoms with Crippen molar-refractivity contribution in [2.24, 2.45) is 0 Å². The SMILES string of the molecule is CCOC(=O)c1sc2c(C)sc(-c3cc4c(OCC)c5sc(C)cc5c(OCC)c4s3)c2c1F. The van der Waals surface area contributed by atoms with Gasteiger partial charge in [0.25, 0.3) is 0 Å². The molecular formula is C25H23FO4S4. The molecule has 0 aliphatic heterocycles. The number of rotatable bonds is 7. The molecule has 4 heterocycles. The monoisotopic (exact) mass is 534 g/mol. The van der Waals surface area contributed by atoms with Crippen LogP contribution in [0.25, 0.3) is 40.0 Å². The highest BCUT2D eigenvalue weighted by Gasteiger charge is 2.28. The lowest BCUT2D eigenvalue weighted by Crippen LogP contribution is -2.03. The van der Waals surface area contributed by atoms with E-state index in [1.54, 1.807) is 40.9 Å². The second kappa shape index (κ2) is 9.11. The van der Waals surface area contributed by atoms with Crippen LogP contribution in [0.4, 0.5) is 4.39 Å². The lowest BCUT2D eigenvalue weighted by Gasteiger charge is -2.11. The second-order valence-electron chi connectivity index (χ2n) is 7.63. The predicted octanol–water partition coefficient (Wildman–Crippen LogP) is 8.79. The van der Waals surface area contributed by atoms with Crippen molar-refractivity contribution in [1.82, 2.24) is 0 Å². The number of carbonyl (C=O) groups is 1. The summed E-state index contributed by atoms with van der Waals surface area (Å²) in [7, 11) is 0. The number of hydrogen-bond donors (Lipinski definition) is 0. The van der Waals surface area contributed by atoms with Crippen LogP contribution in [0.3, 0.4) is 0 Å². The lowest BCUT2D eigenvalue weighted by atomic mass is 10.1. The van der Waals surface area contributed by atoms with Crippen molar-refractivity contribution in [2.45, 2.75) is 34.6 Å². The molecule has 0 aliphatic rings. The third-order valence-corrected chi connectivity index (χ3v) is 10.3. The van der Waals surface area contributed by atoms with Crippen LogP contribution in [-0.4, -0.2) is 25.8 Å². The summed E-state index contributed by atoms with van der Waals surface area (Å²) in [5, 5.41) is 2.52. The Balaban J connectivity index is 1.79. The van der Waals surface area contributed by atoms with Crippen LogP contribution in [0, 0.1) is 19.7 Å². The Hall–Kier alpha value is -2.20. The van der Waals surface area contributed by atoms with Crippen molar-refractivity contribution >= 4 is 81.6 Å². The Labute approximate surface area is 212 Å². The van der Waals surface area contributed by atoms with Gasteiger partial charge < -0.3 is 14.2 Å². The van der Waals surface area contributed by atoms with Gasteiger partial charge in [0, 0.05) is 30.8 Å². The van der Waals surface area contributed by atoms with E-state index < -0.39 is 11.8 Å². The molecule has 178 valence electrons. The van der Waals surface area contributed by atoms with Crippen molar-refractivity contribution in [3.8, 4) is 21.3 Å². The third kappa shape index (κ3) is 3.61. The molecule has 4 nitrogen and oxygen atoms in total. The summed E-state index contributed by atoms with van der Waals surface area (Å²) < 4.78 is 35.7. The lowest BCUT2D eigenvalue weighted by molar-refractivity contribution is 0.0527. The minimum Gasteiger partial charge on any atom is -0.492 e. The predicted molar refractivity (Wildman–Crippen MR) is 144 cm³/mol. The van der Waals surface area contributed by atoms with Gasteiger partial charge in [0.15, 0.2) is 5.82 Å². The van der Waals surface area contributed by atoms with E-state index >= 15 is 4.39 Å². The topological polar surface area (TPSA) is 44.8 Å². The minimum atomic E-state index is -0.610. The van der Waals surface area contributed by atoms with Crippen LogP contribution in [-0.2, 0) is 4.74 Å². The average molecular weight is 535 g/mol. The van der Waals surface area contributed by atoms with Gasteiger partial charge in [-0.05, 0) is 46.8 Å². The van der Waals surface area contributed by atoms with Crippen LogP contribution >= 0.6 is 45.3 Å². The molecule has 0 N–H and O–H groups in total. The van der Waals surface area contributed by atoms with E-state index in [0.717, 1.165) is 51.0 Å². The van der Waals surface area contributed by atoms with E-state index in [9.17, 15) is 4.79 Å². The number of halogens is 1. The molecule has 0 radical (unpaired) electrons. The molecular weight excluding hydrogens is 512 g/mol. The summed E-state index contributed by atoms with van der Waals surface area (Å²) in [5.41, 5.74) is 0. The number of aryl methyl sites for hydroxylation is 2. The van der Waals surface area contributed by atoms with Gasteiger partial charge in [0.05, 0.1) is 38.8 Å². The Kier molecular flexibility index (Phi) is 6.31. The minimum absolute atomic E-state index is 0.0334. The van der Waals surface area contributed by atoms with Crippen molar-refractivity contribution in [3.63, 3.8) is 0 Å². The normalized spacial score (nSPS) is 11.7. The Morgan fingerprint density at radius 3 is 2.15 bits per heavy atom. The number of hydrogen-bond acceptors (Lipinski definition) is 8. The van der Waals surface area contributed by atoms with E-state index in [2.05, 4.69) is 19.1 Å². The molecule has 9 heteroatoms. The van der Waals surface area contributed by atoms with E-state index in [0.29, 0.717) is 18.6 Å². The van der Waals surface area contributed by atoms with Crippen molar-refractivity contribution in [1.29, 1.82) is 0 Å². The zero-order valence-corrected chi connectivity index (χ0v) is 22.7. The van der Waals surface area contributed by atoms with Gasteiger partial charge in [-0.25, -0.2) is 9.18 Å². The molecule has 0 bridgehead atoms. The maximum absolute atomic E-state index is 15.5. The van der Waals surface area contributed by atoms with Gasteiger partial charge in [-0.15, -0.1) is 45.3 Å². The summed E-state index contributed by atoms with van der Waals surface area (Å²) >= 11 is 5.98. The standard InChI is InChI=1S/C25H23FO4S4/c1-6-28-18-13-9-11(4)31-21(13)19(29-7-2)14-10-15(33-22(14)18)23-16-17(26)24(25(27)30-8-3)34-20(16)12(5)32-23/h9-10H,6-8H2,1-5H3.